The van der Waals surface area contributed by atoms with Crippen LogP contribution >= 0.6 is 0 Å². The molecule has 5 nitrogen and oxygen atoms in total. The molecule has 3 aromatic rings. The van der Waals surface area contributed by atoms with Crippen LogP contribution in [0.5, 0.6) is 0 Å². The van der Waals surface area contributed by atoms with E-state index >= 15 is 0 Å². The minimum atomic E-state index is -1.76. The summed E-state index contributed by atoms with van der Waals surface area (Å²) in [5.74, 6) is -0.471. The molecule has 0 bridgehead atoms. The summed E-state index contributed by atoms with van der Waals surface area (Å²) >= 11 is 0. The van der Waals surface area contributed by atoms with E-state index in [2.05, 4.69) is 10.4 Å². The number of benzene rings is 2. The predicted molar refractivity (Wildman–Crippen MR) is 95.6 cm³/mol. The van der Waals surface area contributed by atoms with Gasteiger partial charge in [-0.3, -0.25) is 9.48 Å². The smallest absolute Gasteiger partial charge is 0.261 e. The summed E-state index contributed by atoms with van der Waals surface area (Å²) in [4.78, 5) is 13.1. The molecular weight excluding hydrogens is 314 g/mol. The van der Waals surface area contributed by atoms with E-state index in [9.17, 15) is 9.90 Å². The topological polar surface area (TPSA) is 67.2 Å². The fraction of sp³-hybridized carbons (Fsp3) is 0.200. The third kappa shape index (κ3) is 3.32. The lowest BCUT2D eigenvalue weighted by atomic mass is 9.85. The predicted octanol–water partition coefficient (Wildman–Crippen LogP) is 2.53. The number of carbonyl (C=O) groups excluding carboxylic acids is 1. The maximum Gasteiger partial charge on any atom is 0.261 e. The summed E-state index contributed by atoms with van der Waals surface area (Å²) in [6.45, 7) is 1.87. The molecule has 0 spiro atoms. The molecule has 25 heavy (non-hydrogen) atoms. The number of amides is 1. The van der Waals surface area contributed by atoms with Crippen LogP contribution in [0.25, 0.3) is 0 Å². The van der Waals surface area contributed by atoms with Crippen LogP contribution in [0, 0.1) is 0 Å². The minimum Gasteiger partial charge on any atom is -0.372 e. The van der Waals surface area contributed by atoms with Crippen LogP contribution in [-0.2, 0) is 17.4 Å². The molecule has 0 aliphatic heterocycles. The van der Waals surface area contributed by atoms with Gasteiger partial charge in [-0.2, -0.15) is 5.10 Å². The van der Waals surface area contributed by atoms with Crippen molar-refractivity contribution in [1.82, 2.24) is 15.1 Å². The summed E-state index contributed by atoms with van der Waals surface area (Å²) in [5.41, 5.74) is 0.160. The second-order valence-corrected chi connectivity index (χ2v) is 6.08. The molecule has 3 rings (SSSR count). The summed E-state index contributed by atoms with van der Waals surface area (Å²) in [6.07, 6.45) is 3.55. The molecule has 2 N–H and O–H groups in total. The van der Waals surface area contributed by atoms with Crippen LogP contribution in [0.2, 0.25) is 0 Å². The van der Waals surface area contributed by atoms with Gasteiger partial charge in [-0.05, 0) is 18.1 Å². The molecule has 0 saturated heterocycles. The normalized spacial score (nSPS) is 12.6. The average molecular weight is 335 g/mol. The molecule has 0 saturated carbocycles. The summed E-state index contributed by atoms with van der Waals surface area (Å²) in [5, 5.41) is 18.4. The van der Waals surface area contributed by atoms with Crippen molar-refractivity contribution in [2.45, 2.75) is 18.6 Å². The van der Waals surface area contributed by atoms with Crippen molar-refractivity contribution in [2.75, 3.05) is 0 Å². The highest BCUT2D eigenvalue weighted by Gasteiger charge is 2.40. The first kappa shape index (κ1) is 16.9. The van der Waals surface area contributed by atoms with Crippen molar-refractivity contribution in [2.24, 2.45) is 7.05 Å². The second-order valence-electron chi connectivity index (χ2n) is 6.08. The van der Waals surface area contributed by atoms with Gasteiger partial charge in [0, 0.05) is 18.8 Å². The molecule has 5 heteroatoms. The van der Waals surface area contributed by atoms with Crippen LogP contribution in [0.3, 0.4) is 0 Å². The van der Waals surface area contributed by atoms with Gasteiger partial charge < -0.3 is 10.4 Å². The number of rotatable bonds is 5. The van der Waals surface area contributed by atoms with Crippen molar-refractivity contribution >= 4 is 5.91 Å². The van der Waals surface area contributed by atoms with Crippen LogP contribution < -0.4 is 5.32 Å². The number of aromatic nitrogens is 2. The molecule has 0 radical (unpaired) electrons. The number of carbonyl (C=O) groups is 1. The van der Waals surface area contributed by atoms with Gasteiger partial charge in [0.1, 0.15) is 0 Å². The first-order valence-electron chi connectivity index (χ1n) is 8.14. The van der Waals surface area contributed by atoms with Crippen molar-refractivity contribution < 1.29 is 9.90 Å². The van der Waals surface area contributed by atoms with Crippen molar-refractivity contribution in [3.63, 3.8) is 0 Å². The van der Waals surface area contributed by atoms with E-state index in [-0.39, 0.29) is 6.04 Å². The molecule has 128 valence electrons. The molecule has 1 heterocycles. The van der Waals surface area contributed by atoms with E-state index in [1.807, 2.05) is 32.3 Å². The second kappa shape index (κ2) is 6.91. The minimum absolute atomic E-state index is 0.278. The zero-order valence-electron chi connectivity index (χ0n) is 14.3. The highest BCUT2D eigenvalue weighted by molar-refractivity contribution is 5.90. The fourth-order valence-electron chi connectivity index (χ4n) is 2.84. The lowest BCUT2D eigenvalue weighted by Gasteiger charge is -2.29. The van der Waals surface area contributed by atoms with E-state index in [1.54, 1.807) is 59.4 Å². The third-order valence-corrected chi connectivity index (χ3v) is 4.28. The SMILES string of the molecule is C[C@@H](NC(=O)C(O)(c1ccccc1)c1ccccc1)c1cnn(C)c1. The Labute approximate surface area is 146 Å². The Bertz CT molecular complexity index is 804. The zero-order chi connectivity index (χ0) is 17.9. The van der Waals surface area contributed by atoms with Gasteiger partial charge in [0.2, 0.25) is 0 Å². The first-order chi connectivity index (χ1) is 12.0. The molecule has 2 aromatic carbocycles. The summed E-state index contributed by atoms with van der Waals surface area (Å²) in [6, 6.07) is 17.7. The highest BCUT2D eigenvalue weighted by Crippen LogP contribution is 2.30. The van der Waals surface area contributed by atoms with E-state index in [4.69, 9.17) is 0 Å². The van der Waals surface area contributed by atoms with Crippen molar-refractivity contribution in [1.29, 1.82) is 0 Å². The number of hydrogen-bond acceptors (Lipinski definition) is 3. The molecule has 1 amide bonds. The number of hydrogen-bond donors (Lipinski definition) is 2. The number of nitrogens with one attached hydrogen (secondary N) is 1. The molecule has 0 fully saturated rings. The maximum absolute atomic E-state index is 13.1. The number of nitrogens with zero attached hydrogens (tertiary/aromatic N) is 2. The number of aryl methyl sites for hydroxylation is 1. The number of aliphatic hydroxyl groups is 1. The van der Waals surface area contributed by atoms with Gasteiger partial charge in [0.25, 0.3) is 5.91 Å². The Morgan fingerprint density at radius 2 is 1.60 bits per heavy atom. The molecule has 1 atom stereocenters. The highest BCUT2D eigenvalue weighted by atomic mass is 16.3. The molecule has 0 aliphatic rings. The van der Waals surface area contributed by atoms with Crippen molar-refractivity contribution in [3.8, 4) is 0 Å². The van der Waals surface area contributed by atoms with Gasteiger partial charge in [-0.25, -0.2) is 0 Å². The van der Waals surface area contributed by atoms with Gasteiger partial charge in [0.05, 0.1) is 12.2 Å². The van der Waals surface area contributed by atoms with E-state index < -0.39 is 11.5 Å². The Kier molecular flexibility index (Phi) is 4.67. The molecule has 1 aromatic heterocycles. The van der Waals surface area contributed by atoms with Crippen LogP contribution in [-0.4, -0.2) is 20.8 Å². The molecular formula is C20H21N3O2. The summed E-state index contributed by atoms with van der Waals surface area (Å²) < 4.78 is 1.68. The average Bonchev–Trinajstić information content (AvgIpc) is 3.09. The van der Waals surface area contributed by atoms with Crippen LogP contribution in [0.1, 0.15) is 29.7 Å². The van der Waals surface area contributed by atoms with E-state index in [0.717, 1.165) is 5.56 Å². The molecule has 0 unspecified atom stereocenters. The maximum atomic E-state index is 13.1. The van der Waals surface area contributed by atoms with Crippen LogP contribution in [0.4, 0.5) is 0 Å². The fourth-order valence-corrected chi connectivity index (χ4v) is 2.84. The Morgan fingerprint density at radius 3 is 2.04 bits per heavy atom. The molecule has 0 aliphatic carbocycles. The Balaban J connectivity index is 1.96. The lowest BCUT2D eigenvalue weighted by molar-refractivity contribution is -0.137. The Morgan fingerprint density at radius 1 is 1.08 bits per heavy atom. The van der Waals surface area contributed by atoms with Gasteiger partial charge in [-0.15, -0.1) is 0 Å². The van der Waals surface area contributed by atoms with Gasteiger partial charge in [0.15, 0.2) is 5.60 Å². The summed E-state index contributed by atoms with van der Waals surface area (Å²) in [7, 11) is 1.82. The quantitative estimate of drug-likeness (QED) is 0.753. The third-order valence-electron chi connectivity index (χ3n) is 4.28. The van der Waals surface area contributed by atoms with Gasteiger partial charge >= 0.3 is 0 Å². The van der Waals surface area contributed by atoms with Crippen LogP contribution in [0.15, 0.2) is 73.1 Å². The van der Waals surface area contributed by atoms with E-state index in [0.29, 0.717) is 11.1 Å². The Hall–Kier alpha value is -2.92. The van der Waals surface area contributed by atoms with Crippen molar-refractivity contribution in [3.05, 3.63) is 89.7 Å². The zero-order valence-corrected chi connectivity index (χ0v) is 14.3. The van der Waals surface area contributed by atoms with Gasteiger partial charge in [-0.1, -0.05) is 60.7 Å². The monoisotopic (exact) mass is 335 g/mol. The lowest BCUT2D eigenvalue weighted by Crippen LogP contribution is -2.46. The van der Waals surface area contributed by atoms with E-state index in [1.165, 1.54) is 0 Å². The standard InChI is InChI=1S/C20H21N3O2/c1-15(16-13-21-23(2)14-16)22-19(24)20(25,17-9-5-3-6-10-17)18-11-7-4-8-12-18/h3-15,25H,1-2H3,(H,22,24)/t15-/m1/s1. The first-order valence-corrected chi connectivity index (χ1v) is 8.14. The largest absolute Gasteiger partial charge is 0.372 e.